The van der Waals surface area contributed by atoms with Crippen molar-refractivity contribution in [2.45, 2.75) is 19.4 Å². The van der Waals surface area contributed by atoms with Crippen LogP contribution in [0.5, 0.6) is 0 Å². The van der Waals surface area contributed by atoms with Crippen molar-refractivity contribution in [3.8, 4) is 0 Å². The van der Waals surface area contributed by atoms with E-state index in [0.29, 0.717) is 36.3 Å². The van der Waals surface area contributed by atoms with Gasteiger partial charge in [-0.05, 0) is 30.9 Å². The van der Waals surface area contributed by atoms with E-state index in [-0.39, 0.29) is 18.5 Å². The third kappa shape index (κ3) is 3.88. The van der Waals surface area contributed by atoms with Crippen molar-refractivity contribution in [1.82, 2.24) is 25.2 Å². The van der Waals surface area contributed by atoms with Crippen LogP contribution in [0.1, 0.15) is 28.8 Å². The van der Waals surface area contributed by atoms with Crippen LogP contribution in [0, 0.1) is 5.92 Å². The minimum Gasteiger partial charge on any atom is -0.373 e. The molecule has 2 fully saturated rings. The first-order valence-electron chi connectivity index (χ1n) is 9.44. The molecule has 1 aliphatic heterocycles. The molecule has 4 rings (SSSR count). The molecule has 3 heterocycles. The first kappa shape index (κ1) is 18.1. The average molecular weight is 381 g/mol. The van der Waals surface area contributed by atoms with Crippen LogP contribution in [-0.4, -0.2) is 58.5 Å². The second-order valence-corrected chi connectivity index (χ2v) is 7.04. The van der Waals surface area contributed by atoms with Crippen molar-refractivity contribution in [3.05, 3.63) is 41.9 Å². The van der Waals surface area contributed by atoms with Gasteiger partial charge in [0.05, 0.1) is 5.56 Å². The second-order valence-electron chi connectivity index (χ2n) is 7.04. The zero-order chi connectivity index (χ0) is 19.5. The molecule has 9 heteroatoms. The van der Waals surface area contributed by atoms with Gasteiger partial charge in [0.25, 0.3) is 5.91 Å². The molecule has 2 N–H and O–H groups in total. The summed E-state index contributed by atoms with van der Waals surface area (Å²) in [6, 6.07) is 3.38. The summed E-state index contributed by atoms with van der Waals surface area (Å²) in [5.74, 6) is 1.41. The first-order valence-corrected chi connectivity index (χ1v) is 9.44. The zero-order valence-corrected chi connectivity index (χ0v) is 15.8. The van der Waals surface area contributed by atoms with E-state index in [4.69, 9.17) is 0 Å². The number of rotatable bonds is 7. The van der Waals surface area contributed by atoms with Crippen LogP contribution in [0.25, 0.3) is 0 Å². The smallest absolute Gasteiger partial charge is 0.327 e. The van der Waals surface area contributed by atoms with Crippen molar-refractivity contribution < 1.29 is 9.59 Å². The molecule has 1 saturated carbocycles. The van der Waals surface area contributed by atoms with Crippen LogP contribution in [0.15, 0.2) is 30.7 Å². The van der Waals surface area contributed by atoms with E-state index in [9.17, 15) is 9.59 Å². The Morgan fingerprint density at radius 3 is 2.86 bits per heavy atom. The Balaban J connectivity index is 1.43. The number of urea groups is 1. The monoisotopic (exact) mass is 381 g/mol. The van der Waals surface area contributed by atoms with Gasteiger partial charge in [0, 0.05) is 57.4 Å². The lowest BCUT2D eigenvalue weighted by Gasteiger charge is -2.18. The van der Waals surface area contributed by atoms with Gasteiger partial charge in [-0.25, -0.2) is 9.78 Å². The van der Waals surface area contributed by atoms with Gasteiger partial charge in [-0.3, -0.25) is 14.7 Å². The van der Waals surface area contributed by atoms with E-state index in [2.05, 4.69) is 25.6 Å². The van der Waals surface area contributed by atoms with Gasteiger partial charge >= 0.3 is 6.03 Å². The highest BCUT2D eigenvalue weighted by molar-refractivity contribution is 5.94. The van der Waals surface area contributed by atoms with Crippen LogP contribution >= 0.6 is 0 Å². The van der Waals surface area contributed by atoms with Gasteiger partial charge in [0.2, 0.25) is 5.95 Å². The molecular formula is C19H23N7O2. The van der Waals surface area contributed by atoms with Crippen LogP contribution in [0.2, 0.25) is 0 Å². The number of carbonyl (C=O) groups is 2. The van der Waals surface area contributed by atoms with Crippen molar-refractivity contribution in [2.75, 3.05) is 36.9 Å². The Hall–Kier alpha value is -3.23. The SMILES string of the molecule is CNc1nc(N2CCN(CC3CC3)C2=O)ncc1CNC(=O)c1cccnc1. The summed E-state index contributed by atoms with van der Waals surface area (Å²) in [7, 11) is 1.75. The number of pyridine rings is 1. The topological polar surface area (TPSA) is 103 Å². The summed E-state index contributed by atoms with van der Waals surface area (Å²) >= 11 is 0. The van der Waals surface area contributed by atoms with Gasteiger partial charge in [-0.15, -0.1) is 0 Å². The molecule has 146 valence electrons. The zero-order valence-electron chi connectivity index (χ0n) is 15.8. The third-order valence-electron chi connectivity index (χ3n) is 4.96. The summed E-state index contributed by atoms with van der Waals surface area (Å²) in [6.45, 7) is 2.39. The first-order chi connectivity index (χ1) is 13.7. The van der Waals surface area contributed by atoms with Crippen molar-refractivity contribution in [2.24, 2.45) is 5.92 Å². The minimum atomic E-state index is -0.218. The van der Waals surface area contributed by atoms with Gasteiger partial charge in [0.15, 0.2) is 0 Å². The third-order valence-corrected chi connectivity index (χ3v) is 4.96. The summed E-state index contributed by atoms with van der Waals surface area (Å²) in [5.41, 5.74) is 1.23. The van der Waals surface area contributed by atoms with E-state index in [1.54, 1.807) is 36.5 Å². The highest BCUT2D eigenvalue weighted by Gasteiger charge is 2.35. The molecule has 0 spiro atoms. The molecule has 0 radical (unpaired) electrons. The fraction of sp³-hybridized carbons (Fsp3) is 0.421. The quantitative estimate of drug-likeness (QED) is 0.753. The Labute approximate surface area is 163 Å². The summed E-state index contributed by atoms with van der Waals surface area (Å²) < 4.78 is 0. The largest absolute Gasteiger partial charge is 0.373 e. The Morgan fingerprint density at radius 1 is 1.29 bits per heavy atom. The Morgan fingerprint density at radius 2 is 2.14 bits per heavy atom. The maximum atomic E-state index is 12.6. The lowest BCUT2D eigenvalue weighted by atomic mass is 10.2. The van der Waals surface area contributed by atoms with Gasteiger partial charge in [0.1, 0.15) is 5.82 Å². The Kier molecular flexibility index (Phi) is 5.05. The van der Waals surface area contributed by atoms with Crippen LogP contribution in [-0.2, 0) is 6.54 Å². The maximum Gasteiger partial charge on any atom is 0.327 e. The molecule has 0 unspecified atom stereocenters. The molecule has 0 aromatic carbocycles. The highest BCUT2D eigenvalue weighted by atomic mass is 16.2. The number of hydrogen-bond acceptors (Lipinski definition) is 6. The fourth-order valence-corrected chi connectivity index (χ4v) is 3.20. The number of carbonyl (C=O) groups excluding carboxylic acids is 2. The molecule has 0 bridgehead atoms. The summed E-state index contributed by atoms with van der Waals surface area (Å²) in [6.07, 6.45) is 7.20. The standard InChI is InChI=1S/C19H23N7O2/c1-20-16-15(10-22-17(27)14-3-2-6-21-9-14)11-23-18(24-16)26-8-7-25(19(26)28)12-13-4-5-13/h2-3,6,9,11,13H,4-5,7-8,10,12H2,1H3,(H,22,27)(H,20,23,24). The van der Waals surface area contributed by atoms with Gasteiger partial charge in [-0.2, -0.15) is 4.98 Å². The molecule has 0 atom stereocenters. The molecule has 2 aliphatic rings. The van der Waals surface area contributed by atoms with E-state index in [1.165, 1.54) is 19.0 Å². The van der Waals surface area contributed by atoms with E-state index < -0.39 is 0 Å². The molecule has 1 aliphatic carbocycles. The maximum absolute atomic E-state index is 12.6. The van der Waals surface area contributed by atoms with Crippen molar-refractivity contribution >= 4 is 23.7 Å². The van der Waals surface area contributed by atoms with Crippen molar-refractivity contribution in [1.29, 1.82) is 0 Å². The van der Waals surface area contributed by atoms with Crippen LogP contribution in [0.3, 0.4) is 0 Å². The summed E-state index contributed by atoms with van der Waals surface area (Å²) in [5, 5.41) is 5.86. The number of hydrogen-bond donors (Lipinski definition) is 2. The van der Waals surface area contributed by atoms with Crippen LogP contribution in [0.4, 0.5) is 16.6 Å². The molecule has 2 aromatic heterocycles. The molecular weight excluding hydrogens is 358 g/mol. The van der Waals surface area contributed by atoms with Gasteiger partial charge in [-0.1, -0.05) is 0 Å². The average Bonchev–Trinajstić information content (AvgIpc) is 3.49. The number of nitrogens with one attached hydrogen (secondary N) is 2. The second kappa shape index (κ2) is 7.79. The number of anilines is 2. The van der Waals surface area contributed by atoms with Crippen LogP contribution < -0.4 is 15.5 Å². The minimum absolute atomic E-state index is 0.0356. The lowest BCUT2D eigenvalue weighted by molar-refractivity contribution is 0.0950. The molecule has 3 amide bonds. The number of nitrogens with zero attached hydrogens (tertiary/aromatic N) is 5. The number of amides is 3. The molecule has 28 heavy (non-hydrogen) atoms. The van der Waals surface area contributed by atoms with Gasteiger partial charge < -0.3 is 15.5 Å². The number of aromatic nitrogens is 3. The normalized spacial score (nSPS) is 16.4. The molecule has 9 nitrogen and oxygen atoms in total. The predicted octanol–water partition coefficient (Wildman–Crippen LogP) is 1.50. The predicted molar refractivity (Wildman–Crippen MR) is 104 cm³/mol. The van der Waals surface area contributed by atoms with Crippen molar-refractivity contribution in [3.63, 3.8) is 0 Å². The fourth-order valence-electron chi connectivity index (χ4n) is 3.20. The lowest BCUT2D eigenvalue weighted by Crippen LogP contribution is -2.34. The Bertz CT molecular complexity index is 870. The molecule has 1 saturated heterocycles. The van der Waals surface area contributed by atoms with E-state index in [0.717, 1.165) is 12.1 Å². The van der Waals surface area contributed by atoms with E-state index >= 15 is 0 Å². The molecule has 2 aromatic rings. The summed E-state index contributed by atoms with van der Waals surface area (Å²) in [4.78, 5) is 41.1. The van der Waals surface area contributed by atoms with E-state index in [1.807, 2.05) is 4.90 Å². The highest BCUT2D eigenvalue weighted by Crippen LogP contribution is 2.31.